The summed E-state index contributed by atoms with van der Waals surface area (Å²) < 4.78 is 5.49. The average molecular weight is 333 g/mol. The SMILES string of the molecule is CCCc1ccc(OCNC(=O)NCc2ccc(Cl)cc2)cc1. The molecule has 0 saturated heterocycles. The Balaban J connectivity index is 1.67. The van der Waals surface area contributed by atoms with Crippen LogP contribution < -0.4 is 15.4 Å². The van der Waals surface area contributed by atoms with Crippen LogP contribution >= 0.6 is 11.6 Å². The number of benzene rings is 2. The molecule has 2 rings (SSSR count). The van der Waals surface area contributed by atoms with E-state index in [4.69, 9.17) is 16.3 Å². The number of hydrogen-bond donors (Lipinski definition) is 2. The maximum Gasteiger partial charge on any atom is 0.317 e. The molecule has 4 nitrogen and oxygen atoms in total. The van der Waals surface area contributed by atoms with Crippen molar-refractivity contribution in [1.29, 1.82) is 0 Å². The van der Waals surface area contributed by atoms with Crippen molar-refractivity contribution in [3.63, 3.8) is 0 Å². The molecule has 0 atom stereocenters. The number of aryl methyl sites for hydroxylation is 1. The van der Waals surface area contributed by atoms with E-state index in [-0.39, 0.29) is 12.8 Å². The Labute approximate surface area is 141 Å². The third-order valence-electron chi connectivity index (χ3n) is 3.30. The molecule has 2 amide bonds. The number of carbonyl (C=O) groups is 1. The first kappa shape index (κ1) is 17.2. The molecule has 0 heterocycles. The Kier molecular flexibility index (Phi) is 6.76. The summed E-state index contributed by atoms with van der Waals surface area (Å²) in [5.41, 5.74) is 2.27. The summed E-state index contributed by atoms with van der Waals surface area (Å²) in [6, 6.07) is 15.0. The standard InChI is InChI=1S/C18H21ClN2O2/c1-2-3-14-6-10-17(11-7-14)23-13-21-18(22)20-12-15-4-8-16(19)9-5-15/h4-11H,2-3,12-13H2,1H3,(H2,20,21,22). The van der Waals surface area contributed by atoms with Gasteiger partial charge in [0.1, 0.15) is 5.75 Å². The zero-order chi connectivity index (χ0) is 16.5. The molecule has 0 aliphatic rings. The van der Waals surface area contributed by atoms with E-state index in [1.54, 1.807) is 12.1 Å². The summed E-state index contributed by atoms with van der Waals surface area (Å²) in [6.07, 6.45) is 2.18. The fraction of sp³-hybridized carbons (Fsp3) is 0.278. The van der Waals surface area contributed by atoms with E-state index in [9.17, 15) is 4.79 Å². The molecular weight excluding hydrogens is 312 g/mol. The second-order valence-corrected chi connectivity index (χ2v) is 5.60. The van der Waals surface area contributed by atoms with Crippen LogP contribution in [0.2, 0.25) is 5.02 Å². The van der Waals surface area contributed by atoms with Crippen molar-refractivity contribution in [2.75, 3.05) is 6.73 Å². The zero-order valence-corrected chi connectivity index (χ0v) is 13.9. The summed E-state index contributed by atoms with van der Waals surface area (Å²) in [5.74, 6) is 0.739. The fourth-order valence-electron chi connectivity index (χ4n) is 2.07. The van der Waals surface area contributed by atoms with Gasteiger partial charge in [-0.3, -0.25) is 0 Å². The molecule has 0 radical (unpaired) electrons. The largest absolute Gasteiger partial charge is 0.473 e. The minimum absolute atomic E-state index is 0.125. The van der Waals surface area contributed by atoms with E-state index >= 15 is 0 Å². The van der Waals surface area contributed by atoms with Gasteiger partial charge in [-0.05, 0) is 41.8 Å². The van der Waals surface area contributed by atoms with E-state index in [2.05, 4.69) is 17.6 Å². The monoisotopic (exact) mass is 332 g/mol. The number of urea groups is 1. The number of carbonyl (C=O) groups excluding carboxylic acids is 1. The molecule has 0 spiro atoms. The molecule has 0 unspecified atom stereocenters. The minimum Gasteiger partial charge on any atom is -0.473 e. The van der Waals surface area contributed by atoms with Crippen molar-refractivity contribution in [3.05, 3.63) is 64.7 Å². The molecule has 2 aromatic carbocycles. The highest BCUT2D eigenvalue weighted by Crippen LogP contribution is 2.13. The van der Waals surface area contributed by atoms with E-state index < -0.39 is 0 Å². The Morgan fingerprint density at radius 2 is 1.65 bits per heavy atom. The van der Waals surface area contributed by atoms with Crippen LogP contribution in [0.15, 0.2) is 48.5 Å². The van der Waals surface area contributed by atoms with Gasteiger partial charge in [-0.2, -0.15) is 0 Å². The highest BCUT2D eigenvalue weighted by molar-refractivity contribution is 6.30. The number of amides is 2. The summed E-state index contributed by atoms with van der Waals surface area (Å²) in [5, 5.41) is 6.09. The number of nitrogens with one attached hydrogen (secondary N) is 2. The van der Waals surface area contributed by atoms with Crippen LogP contribution in [0.5, 0.6) is 5.75 Å². The quantitative estimate of drug-likeness (QED) is 0.749. The van der Waals surface area contributed by atoms with Crippen LogP contribution in [-0.2, 0) is 13.0 Å². The number of rotatable bonds is 7. The molecule has 23 heavy (non-hydrogen) atoms. The highest BCUT2D eigenvalue weighted by atomic mass is 35.5. The summed E-state index contributed by atoms with van der Waals surface area (Å²) >= 11 is 5.81. The van der Waals surface area contributed by atoms with Gasteiger partial charge in [-0.1, -0.05) is 49.2 Å². The molecule has 0 aliphatic carbocycles. The lowest BCUT2D eigenvalue weighted by atomic mass is 10.1. The molecule has 0 saturated carbocycles. The van der Waals surface area contributed by atoms with Gasteiger partial charge in [0.15, 0.2) is 6.73 Å². The van der Waals surface area contributed by atoms with Gasteiger partial charge in [-0.25, -0.2) is 4.79 Å². The lowest BCUT2D eigenvalue weighted by molar-refractivity contribution is 0.223. The topological polar surface area (TPSA) is 50.4 Å². The minimum atomic E-state index is -0.275. The Hall–Kier alpha value is -2.20. The summed E-state index contributed by atoms with van der Waals surface area (Å²) in [4.78, 5) is 11.7. The Morgan fingerprint density at radius 3 is 2.30 bits per heavy atom. The van der Waals surface area contributed by atoms with E-state index in [0.717, 1.165) is 24.2 Å². The summed E-state index contributed by atoms with van der Waals surface area (Å²) in [7, 11) is 0. The van der Waals surface area contributed by atoms with Crippen molar-refractivity contribution in [2.45, 2.75) is 26.3 Å². The first-order chi connectivity index (χ1) is 11.2. The molecule has 5 heteroatoms. The van der Waals surface area contributed by atoms with Crippen LogP contribution in [0.1, 0.15) is 24.5 Å². The zero-order valence-electron chi connectivity index (χ0n) is 13.1. The Bertz CT molecular complexity index is 612. The van der Waals surface area contributed by atoms with Gasteiger partial charge in [0, 0.05) is 11.6 Å². The second-order valence-electron chi connectivity index (χ2n) is 5.17. The second kappa shape index (κ2) is 9.06. The average Bonchev–Trinajstić information content (AvgIpc) is 2.56. The normalized spacial score (nSPS) is 10.2. The van der Waals surface area contributed by atoms with E-state index in [1.807, 2.05) is 36.4 Å². The molecule has 2 aromatic rings. The number of ether oxygens (including phenoxy) is 1. The van der Waals surface area contributed by atoms with Gasteiger partial charge < -0.3 is 15.4 Å². The molecule has 2 N–H and O–H groups in total. The third kappa shape index (κ3) is 6.20. The van der Waals surface area contributed by atoms with E-state index in [0.29, 0.717) is 11.6 Å². The highest BCUT2D eigenvalue weighted by Gasteiger charge is 2.01. The van der Waals surface area contributed by atoms with Crippen LogP contribution in [0, 0.1) is 0 Å². The van der Waals surface area contributed by atoms with Crippen molar-refractivity contribution in [3.8, 4) is 5.75 Å². The molecular formula is C18H21ClN2O2. The molecule has 0 fully saturated rings. The number of hydrogen-bond acceptors (Lipinski definition) is 2. The van der Waals surface area contributed by atoms with Crippen LogP contribution in [-0.4, -0.2) is 12.8 Å². The third-order valence-corrected chi connectivity index (χ3v) is 3.55. The van der Waals surface area contributed by atoms with Crippen molar-refractivity contribution in [2.24, 2.45) is 0 Å². The molecule has 122 valence electrons. The maximum absolute atomic E-state index is 11.7. The first-order valence-electron chi connectivity index (χ1n) is 7.65. The first-order valence-corrected chi connectivity index (χ1v) is 8.03. The number of halogens is 1. The Morgan fingerprint density at radius 1 is 1.00 bits per heavy atom. The molecule has 0 aromatic heterocycles. The van der Waals surface area contributed by atoms with Crippen LogP contribution in [0.4, 0.5) is 4.79 Å². The van der Waals surface area contributed by atoms with Gasteiger partial charge in [0.05, 0.1) is 0 Å². The van der Waals surface area contributed by atoms with Gasteiger partial charge in [0.25, 0.3) is 0 Å². The van der Waals surface area contributed by atoms with Crippen molar-refractivity contribution >= 4 is 17.6 Å². The maximum atomic E-state index is 11.7. The predicted molar refractivity (Wildman–Crippen MR) is 92.8 cm³/mol. The van der Waals surface area contributed by atoms with Gasteiger partial charge in [0.2, 0.25) is 0 Å². The van der Waals surface area contributed by atoms with Crippen molar-refractivity contribution in [1.82, 2.24) is 10.6 Å². The smallest absolute Gasteiger partial charge is 0.317 e. The predicted octanol–water partition coefficient (Wildman–Crippen LogP) is 4.13. The van der Waals surface area contributed by atoms with Crippen LogP contribution in [0.3, 0.4) is 0 Å². The summed E-state index contributed by atoms with van der Waals surface area (Å²) in [6.45, 7) is 2.71. The van der Waals surface area contributed by atoms with Gasteiger partial charge >= 0.3 is 6.03 Å². The van der Waals surface area contributed by atoms with Crippen molar-refractivity contribution < 1.29 is 9.53 Å². The fourth-order valence-corrected chi connectivity index (χ4v) is 2.20. The lowest BCUT2D eigenvalue weighted by Crippen LogP contribution is -2.37. The van der Waals surface area contributed by atoms with Crippen LogP contribution in [0.25, 0.3) is 0 Å². The van der Waals surface area contributed by atoms with E-state index in [1.165, 1.54) is 5.56 Å². The molecule has 0 bridgehead atoms. The molecule has 0 aliphatic heterocycles. The lowest BCUT2D eigenvalue weighted by Gasteiger charge is -2.10. The van der Waals surface area contributed by atoms with Gasteiger partial charge in [-0.15, -0.1) is 0 Å².